The van der Waals surface area contributed by atoms with Crippen LogP contribution in [0, 0.1) is 6.92 Å². The van der Waals surface area contributed by atoms with Gasteiger partial charge >= 0.3 is 0 Å². The monoisotopic (exact) mass is 222 g/mol. The van der Waals surface area contributed by atoms with Crippen LogP contribution in [0.15, 0.2) is 18.2 Å². The molecule has 0 aliphatic carbocycles. The fourth-order valence-corrected chi connectivity index (χ4v) is 1.54. The average molecular weight is 222 g/mol. The van der Waals surface area contributed by atoms with E-state index in [0.717, 1.165) is 12.0 Å². The molecule has 0 radical (unpaired) electrons. The lowest BCUT2D eigenvalue weighted by Gasteiger charge is -2.08. The summed E-state index contributed by atoms with van der Waals surface area (Å²) in [4.78, 5) is 11.9. The zero-order valence-corrected chi connectivity index (χ0v) is 10.1. The minimum absolute atomic E-state index is 0.105. The molecular weight excluding hydrogens is 204 g/mol. The number of benzene rings is 1. The third-order valence-corrected chi connectivity index (χ3v) is 2.41. The number of hydrogen-bond acceptors (Lipinski definition) is 3. The van der Waals surface area contributed by atoms with E-state index in [0.29, 0.717) is 24.3 Å². The number of ether oxygens (including phenoxy) is 2. The summed E-state index contributed by atoms with van der Waals surface area (Å²) in [6, 6.07) is 5.62. The van der Waals surface area contributed by atoms with Crippen LogP contribution in [-0.4, -0.2) is 26.6 Å². The number of hydrogen-bond donors (Lipinski definition) is 0. The van der Waals surface area contributed by atoms with E-state index in [-0.39, 0.29) is 5.78 Å². The van der Waals surface area contributed by atoms with Crippen LogP contribution >= 0.6 is 0 Å². The number of methoxy groups -OCH3 is 2. The number of carbonyl (C=O) groups excluding carboxylic acids is 1. The molecule has 0 bridgehead atoms. The lowest BCUT2D eigenvalue weighted by Crippen LogP contribution is -2.04. The predicted octanol–water partition coefficient (Wildman–Crippen LogP) is 2.61. The van der Waals surface area contributed by atoms with E-state index in [9.17, 15) is 4.79 Å². The van der Waals surface area contributed by atoms with Gasteiger partial charge in [0, 0.05) is 20.1 Å². The third-order valence-electron chi connectivity index (χ3n) is 2.41. The average Bonchev–Trinajstić information content (AvgIpc) is 2.29. The van der Waals surface area contributed by atoms with Crippen molar-refractivity contribution < 1.29 is 14.3 Å². The van der Waals surface area contributed by atoms with Crippen LogP contribution in [0.3, 0.4) is 0 Å². The first kappa shape index (κ1) is 12.7. The highest BCUT2D eigenvalue weighted by Crippen LogP contribution is 2.21. The summed E-state index contributed by atoms with van der Waals surface area (Å²) in [5.74, 6) is 0.760. The molecule has 0 amide bonds. The Kier molecular flexibility index (Phi) is 4.99. The molecule has 0 unspecified atom stereocenters. The van der Waals surface area contributed by atoms with E-state index in [1.807, 2.05) is 25.1 Å². The van der Waals surface area contributed by atoms with E-state index >= 15 is 0 Å². The van der Waals surface area contributed by atoms with E-state index in [4.69, 9.17) is 9.47 Å². The Hall–Kier alpha value is -1.35. The van der Waals surface area contributed by atoms with Crippen molar-refractivity contribution in [3.8, 4) is 5.75 Å². The van der Waals surface area contributed by atoms with Gasteiger partial charge in [0.15, 0.2) is 5.78 Å². The van der Waals surface area contributed by atoms with Gasteiger partial charge in [-0.15, -0.1) is 0 Å². The van der Waals surface area contributed by atoms with Crippen molar-refractivity contribution in [3.05, 3.63) is 29.3 Å². The van der Waals surface area contributed by atoms with Gasteiger partial charge in [0.2, 0.25) is 0 Å². The molecule has 0 saturated carbocycles. The summed E-state index contributed by atoms with van der Waals surface area (Å²) in [7, 11) is 3.22. The Balaban J connectivity index is 2.74. The zero-order chi connectivity index (χ0) is 12.0. The Labute approximate surface area is 96.4 Å². The van der Waals surface area contributed by atoms with Crippen LogP contribution in [0.2, 0.25) is 0 Å². The van der Waals surface area contributed by atoms with Crippen LogP contribution in [0.1, 0.15) is 28.8 Å². The zero-order valence-electron chi connectivity index (χ0n) is 10.1. The van der Waals surface area contributed by atoms with Gasteiger partial charge < -0.3 is 9.47 Å². The minimum Gasteiger partial charge on any atom is -0.496 e. The fraction of sp³-hybridized carbons (Fsp3) is 0.462. The Morgan fingerprint density at radius 2 is 2.06 bits per heavy atom. The molecule has 0 saturated heterocycles. The van der Waals surface area contributed by atoms with Crippen LogP contribution in [-0.2, 0) is 4.74 Å². The maximum Gasteiger partial charge on any atom is 0.166 e. The molecule has 0 atom stereocenters. The van der Waals surface area contributed by atoms with Gasteiger partial charge in [-0.25, -0.2) is 0 Å². The number of rotatable bonds is 6. The van der Waals surface area contributed by atoms with Crippen molar-refractivity contribution in [2.75, 3.05) is 20.8 Å². The molecule has 0 spiro atoms. The van der Waals surface area contributed by atoms with Crippen LogP contribution in [0.5, 0.6) is 5.75 Å². The standard InChI is InChI=1S/C13H18O3/c1-10-6-7-11(13(9-10)16-3)12(14)5-4-8-15-2/h6-7,9H,4-5,8H2,1-3H3. The molecule has 1 aromatic carbocycles. The van der Waals surface area contributed by atoms with E-state index in [1.54, 1.807) is 14.2 Å². The van der Waals surface area contributed by atoms with Gasteiger partial charge in [-0.1, -0.05) is 6.07 Å². The van der Waals surface area contributed by atoms with Gasteiger partial charge in [-0.05, 0) is 31.0 Å². The molecule has 0 aromatic heterocycles. The fourth-order valence-electron chi connectivity index (χ4n) is 1.54. The van der Waals surface area contributed by atoms with Gasteiger partial charge in [0.25, 0.3) is 0 Å². The Morgan fingerprint density at radius 3 is 2.69 bits per heavy atom. The first-order valence-corrected chi connectivity index (χ1v) is 5.36. The van der Waals surface area contributed by atoms with Gasteiger partial charge in [0.05, 0.1) is 12.7 Å². The van der Waals surface area contributed by atoms with Crippen molar-refractivity contribution in [1.82, 2.24) is 0 Å². The summed E-state index contributed by atoms with van der Waals surface area (Å²) in [6.45, 7) is 2.58. The Morgan fingerprint density at radius 1 is 1.31 bits per heavy atom. The van der Waals surface area contributed by atoms with Crippen molar-refractivity contribution >= 4 is 5.78 Å². The first-order chi connectivity index (χ1) is 7.69. The number of aryl methyl sites for hydroxylation is 1. The highest BCUT2D eigenvalue weighted by molar-refractivity contribution is 5.98. The van der Waals surface area contributed by atoms with Crippen molar-refractivity contribution in [1.29, 1.82) is 0 Å². The van der Waals surface area contributed by atoms with E-state index < -0.39 is 0 Å². The predicted molar refractivity (Wildman–Crippen MR) is 63.2 cm³/mol. The Bertz CT molecular complexity index is 358. The second-order valence-corrected chi connectivity index (χ2v) is 3.72. The highest BCUT2D eigenvalue weighted by atomic mass is 16.5. The second kappa shape index (κ2) is 6.28. The maximum absolute atomic E-state index is 11.9. The molecular formula is C13H18O3. The summed E-state index contributed by atoms with van der Waals surface area (Å²) in [6.07, 6.45) is 1.24. The molecule has 1 aromatic rings. The SMILES string of the molecule is COCCCC(=O)c1ccc(C)cc1OC. The number of Topliss-reactive ketones (excluding diaryl/α,β-unsaturated/α-hetero) is 1. The molecule has 3 nitrogen and oxygen atoms in total. The summed E-state index contributed by atoms with van der Waals surface area (Å²) in [5.41, 5.74) is 1.74. The topological polar surface area (TPSA) is 35.5 Å². The molecule has 0 aliphatic rings. The number of carbonyl (C=O) groups is 1. The number of ketones is 1. The van der Waals surface area contributed by atoms with Gasteiger partial charge in [0.1, 0.15) is 5.75 Å². The normalized spacial score (nSPS) is 10.2. The van der Waals surface area contributed by atoms with E-state index in [1.165, 1.54) is 0 Å². The van der Waals surface area contributed by atoms with Crippen LogP contribution in [0.25, 0.3) is 0 Å². The molecule has 16 heavy (non-hydrogen) atoms. The summed E-state index contributed by atoms with van der Waals surface area (Å²) >= 11 is 0. The highest BCUT2D eigenvalue weighted by Gasteiger charge is 2.11. The maximum atomic E-state index is 11.9. The quantitative estimate of drug-likeness (QED) is 0.548. The van der Waals surface area contributed by atoms with Crippen LogP contribution < -0.4 is 4.74 Å². The smallest absolute Gasteiger partial charge is 0.166 e. The van der Waals surface area contributed by atoms with Crippen molar-refractivity contribution in [2.45, 2.75) is 19.8 Å². The summed E-state index contributed by atoms with van der Waals surface area (Å²) < 4.78 is 10.1. The molecule has 3 heteroatoms. The molecule has 0 heterocycles. The molecule has 88 valence electrons. The lowest BCUT2D eigenvalue weighted by molar-refractivity contribution is 0.0960. The molecule has 0 fully saturated rings. The van der Waals surface area contributed by atoms with E-state index in [2.05, 4.69) is 0 Å². The first-order valence-electron chi connectivity index (χ1n) is 5.36. The van der Waals surface area contributed by atoms with Crippen molar-refractivity contribution in [3.63, 3.8) is 0 Å². The second-order valence-electron chi connectivity index (χ2n) is 3.72. The minimum atomic E-state index is 0.105. The molecule has 0 N–H and O–H groups in total. The van der Waals surface area contributed by atoms with Gasteiger partial charge in [-0.3, -0.25) is 4.79 Å². The van der Waals surface area contributed by atoms with Crippen LogP contribution in [0.4, 0.5) is 0 Å². The molecule has 1 rings (SSSR count). The summed E-state index contributed by atoms with van der Waals surface area (Å²) in [5, 5.41) is 0. The molecule has 0 aliphatic heterocycles. The lowest BCUT2D eigenvalue weighted by atomic mass is 10.0. The largest absolute Gasteiger partial charge is 0.496 e. The van der Waals surface area contributed by atoms with Crippen molar-refractivity contribution in [2.24, 2.45) is 0 Å². The third kappa shape index (κ3) is 3.35. The van der Waals surface area contributed by atoms with Gasteiger partial charge in [-0.2, -0.15) is 0 Å².